The highest BCUT2D eigenvalue weighted by atomic mass is 28.4. The van der Waals surface area contributed by atoms with Gasteiger partial charge in [0.2, 0.25) is 0 Å². The lowest BCUT2D eigenvalue weighted by Gasteiger charge is -2.35. The van der Waals surface area contributed by atoms with Crippen molar-refractivity contribution in [3.05, 3.63) is 0 Å². The fourth-order valence-corrected chi connectivity index (χ4v) is 18.7. The van der Waals surface area contributed by atoms with Crippen LogP contribution in [-0.2, 0) is 8.23 Å². The number of hydrogen-bond donors (Lipinski definition) is 0. The summed E-state index contributed by atoms with van der Waals surface area (Å²) in [6.45, 7) is 20.9. The van der Waals surface area contributed by atoms with Crippen LogP contribution in [0.1, 0.15) is 6.92 Å². The second kappa shape index (κ2) is 6.99. The molecule has 0 amide bonds. The van der Waals surface area contributed by atoms with Crippen LogP contribution in [0, 0.1) is 0 Å². The van der Waals surface area contributed by atoms with Gasteiger partial charge in [-0.25, -0.2) is 0 Å². The van der Waals surface area contributed by atoms with Crippen molar-refractivity contribution in [1.82, 2.24) is 0 Å². The Labute approximate surface area is 120 Å². The van der Waals surface area contributed by atoms with Crippen molar-refractivity contribution in [2.75, 3.05) is 0 Å². The first-order chi connectivity index (χ1) is 7.89. The predicted molar refractivity (Wildman–Crippen MR) is 92.2 cm³/mol. The van der Waals surface area contributed by atoms with Crippen LogP contribution in [-0.4, -0.2) is 34.0 Å². The molecule has 0 heterocycles. The molecule has 0 spiro atoms. The molecule has 0 aliphatic carbocycles. The molecule has 0 aromatic carbocycles. The fourth-order valence-electron chi connectivity index (χ4n) is 2.08. The van der Waals surface area contributed by atoms with E-state index in [1.807, 2.05) is 0 Å². The van der Waals surface area contributed by atoms with E-state index in [1.165, 1.54) is 18.1 Å². The van der Waals surface area contributed by atoms with Crippen LogP contribution in [0.15, 0.2) is 0 Å². The van der Waals surface area contributed by atoms with Crippen LogP contribution in [0.2, 0.25) is 70.5 Å². The predicted octanol–water partition coefficient (Wildman–Crippen LogP) is 4.91. The van der Waals surface area contributed by atoms with Crippen molar-refractivity contribution < 1.29 is 8.23 Å². The summed E-state index contributed by atoms with van der Waals surface area (Å²) in [5.74, 6) is 0. The zero-order valence-electron chi connectivity index (χ0n) is 13.9. The van der Waals surface area contributed by atoms with Gasteiger partial charge in [-0.2, -0.15) is 0 Å². The number of rotatable bonds is 8. The normalized spacial score (nSPS) is 14.3. The fraction of sp³-hybridized carbons (Fsp3) is 1.00. The molecular weight excluding hydrogens is 288 g/mol. The Hall–Kier alpha value is 0.788. The molecule has 0 aromatic rings. The highest BCUT2D eigenvalue weighted by Gasteiger charge is 2.34. The van der Waals surface area contributed by atoms with Gasteiger partial charge in [0.25, 0.3) is 0 Å². The summed E-state index contributed by atoms with van der Waals surface area (Å²) in [7, 11) is -4.89. The molecule has 0 rings (SSSR count). The van der Waals surface area contributed by atoms with E-state index in [4.69, 9.17) is 8.23 Å². The zero-order chi connectivity index (χ0) is 14.6. The van der Waals surface area contributed by atoms with Crippen LogP contribution in [0.3, 0.4) is 0 Å². The minimum atomic E-state index is -1.49. The van der Waals surface area contributed by atoms with Crippen molar-refractivity contribution in [2.24, 2.45) is 0 Å². The Morgan fingerprint density at radius 3 is 1.61 bits per heavy atom. The van der Waals surface area contributed by atoms with Crippen molar-refractivity contribution in [3.8, 4) is 0 Å². The van der Waals surface area contributed by atoms with Gasteiger partial charge in [-0.15, -0.1) is 0 Å². The van der Waals surface area contributed by atoms with Crippen LogP contribution < -0.4 is 0 Å². The van der Waals surface area contributed by atoms with Crippen LogP contribution in [0.25, 0.3) is 0 Å². The molecule has 2 nitrogen and oxygen atoms in total. The van der Waals surface area contributed by atoms with E-state index in [0.29, 0.717) is 0 Å². The molecule has 0 aliphatic rings. The average Bonchev–Trinajstić information content (AvgIpc) is 2.12. The monoisotopic (exact) mass is 321 g/mol. The third kappa shape index (κ3) is 8.81. The largest absolute Gasteiger partial charge is 0.456 e. The third-order valence-electron chi connectivity index (χ3n) is 3.21. The molecule has 0 saturated heterocycles. The highest BCUT2D eigenvalue weighted by molar-refractivity contribution is 6.86. The topological polar surface area (TPSA) is 18.5 Å². The van der Waals surface area contributed by atoms with Crippen molar-refractivity contribution >= 4 is 34.0 Å². The van der Waals surface area contributed by atoms with E-state index in [9.17, 15) is 0 Å². The van der Waals surface area contributed by atoms with Gasteiger partial charge in [0.05, 0.1) is 0 Å². The summed E-state index contributed by atoms with van der Waals surface area (Å²) in [6.07, 6.45) is 0. The Bertz CT molecular complexity index is 252. The average molecular weight is 322 g/mol. The Balaban J connectivity index is 4.34. The maximum absolute atomic E-state index is 6.53. The lowest BCUT2D eigenvalue weighted by molar-refractivity contribution is 0.534. The lowest BCUT2D eigenvalue weighted by Crippen LogP contribution is -2.45. The van der Waals surface area contributed by atoms with Gasteiger partial charge in [0.15, 0.2) is 34.0 Å². The number of hydrogen-bond acceptors (Lipinski definition) is 2. The van der Waals surface area contributed by atoms with Gasteiger partial charge in [-0.3, -0.25) is 0 Å². The standard InChI is InChI=1S/C12H33O2Si4/c1-10-16(4,5)14-18(8,9)12-11-17(6,7)13-15(2)3/h10-12H2,1-9H3. The molecule has 18 heavy (non-hydrogen) atoms. The van der Waals surface area contributed by atoms with E-state index >= 15 is 0 Å². The molecule has 6 heteroatoms. The molecule has 0 atom stereocenters. The second-order valence-electron chi connectivity index (χ2n) is 7.25. The minimum Gasteiger partial charge on any atom is -0.456 e. The second-order valence-corrected chi connectivity index (χ2v) is 23.0. The molecule has 0 aromatic heterocycles. The van der Waals surface area contributed by atoms with Crippen molar-refractivity contribution in [2.45, 2.75) is 77.4 Å². The summed E-state index contributed by atoms with van der Waals surface area (Å²) in [5.41, 5.74) is 0. The summed E-state index contributed by atoms with van der Waals surface area (Å²) in [6, 6.07) is 3.74. The highest BCUT2D eigenvalue weighted by Crippen LogP contribution is 2.26. The molecule has 0 bridgehead atoms. The Morgan fingerprint density at radius 2 is 1.22 bits per heavy atom. The van der Waals surface area contributed by atoms with Gasteiger partial charge in [0, 0.05) is 0 Å². The smallest absolute Gasteiger partial charge is 0.191 e. The van der Waals surface area contributed by atoms with Gasteiger partial charge in [0.1, 0.15) is 0 Å². The quantitative estimate of drug-likeness (QED) is 0.592. The molecule has 0 N–H and O–H groups in total. The van der Waals surface area contributed by atoms with Crippen LogP contribution in [0.5, 0.6) is 0 Å². The zero-order valence-corrected chi connectivity index (χ0v) is 17.9. The first-order valence-corrected chi connectivity index (χ1v) is 18.8. The summed E-state index contributed by atoms with van der Waals surface area (Å²) in [4.78, 5) is 0. The molecule has 1 radical (unpaired) electrons. The molecule has 109 valence electrons. The van der Waals surface area contributed by atoms with Crippen LogP contribution in [0.4, 0.5) is 0 Å². The van der Waals surface area contributed by atoms with Gasteiger partial charge >= 0.3 is 0 Å². The van der Waals surface area contributed by atoms with Gasteiger partial charge in [-0.05, 0) is 70.5 Å². The Kier molecular flexibility index (Phi) is 7.29. The maximum atomic E-state index is 6.53. The minimum absolute atomic E-state index is 0.553. The summed E-state index contributed by atoms with van der Waals surface area (Å²) >= 11 is 0. The molecule has 0 fully saturated rings. The summed E-state index contributed by atoms with van der Waals surface area (Å²) < 4.78 is 12.7. The van der Waals surface area contributed by atoms with E-state index in [-0.39, 0.29) is 0 Å². The molecule has 0 aliphatic heterocycles. The van der Waals surface area contributed by atoms with Gasteiger partial charge in [-0.1, -0.05) is 6.92 Å². The first-order valence-electron chi connectivity index (χ1n) is 7.08. The molecule has 0 saturated carbocycles. The third-order valence-corrected chi connectivity index (χ3v) is 16.6. The summed E-state index contributed by atoms with van der Waals surface area (Å²) in [5, 5.41) is 0. The van der Waals surface area contributed by atoms with Crippen molar-refractivity contribution in [3.63, 3.8) is 0 Å². The Morgan fingerprint density at radius 1 is 0.778 bits per heavy atom. The van der Waals surface area contributed by atoms with E-state index in [0.717, 1.165) is 0 Å². The maximum Gasteiger partial charge on any atom is 0.191 e. The van der Waals surface area contributed by atoms with Gasteiger partial charge < -0.3 is 8.23 Å². The van der Waals surface area contributed by atoms with E-state index in [2.05, 4.69) is 59.3 Å². The lowest BCUT2D eigenvalue weighted by atomic mass is 10.9. The molecular formula is C12H33O2Si4. The SMILES string of the molecule is CC[Si](C)(C)O[Si](C)(C)CC[Si](C)(C)O[Si](C)C. The van der Waals surface area contributed by atoms with E-state index < -0.39 is 34.0 Å². The van der Waals surface area contributed by atoms with Crippen LogP contribution >= 0.6 is 0 Å². The first kappa shape index (κ1) is 18.8. The van der Waals surface area contributed by atoms with Crippen molar-refractivity contribution in [1.29, 1.82) is 0 Å². The van der Waals surface area contributed by atoms with E-state index in [1.54, 1.807) is 0 Å². The molecule has 0 unspecified atom stereocenters.